The first-order valence-electron chi connectivity index (χ1n) is 10.6. The summed E-state index contributed by atoms with van der Waals surface area (Å²) in [7, 11) is 0. The van der Waals surface area contributed by atoms with E-state index >= 15 is 0 Å². The van der Waals surface area contributed by atoms with Gasteiger partial charge in [-0.1, -0.05) is 54.6 Å². The molecule has 0 bridgehead atoms. The molecule has 164 valence electrons. The van der Waals surface area contributed by atoms with Crippen molar-refractivity contribution in [1.29, 1.82) is 0 Å². The van der Waals surface area contributed by atoms with Gasteiger partial charge in [0.15, 0.2) is 0 Å². The third-order valence-corrected chi connectivity index (χ3v) is 5.17. The third-order valence-electron chi connectivity index (χ3n) is 5.17. The minimum Gasteiger partial charge on any atom is -0.350 e. The van der Waals surface area contributed by atoms with Crippen molar-refractivity contribution in [3.05, 3.63) is 114 Å². The predicted octanol–water partition coefficient (Wildman–Crippen LogP) is 4.25. The summed E-state index contributed by atoms with van der Waals surface area (Å²) in [6.07, 6.45) is 0. The lowest BCUT2D eigenvalue weighted by Gasteiger charge is -2.10. The van der Waals surface area contributed by atoms with Crippen molar-refractivity contribution in [3.8, 4) is 0 Å². The van der Waals surface area contributed by atoms with Gasteiger partial charge in [0, 0.05) is 35.5 Å². The predicted molar refractivity (Wildman–Crippen MR) is 129 cm³/mol. The standard InChI is InChI=1S/C27H23N3O3/c31-25(20-8-2-1-3-9-20)28-17-18-29-26(32)21-13-15-22(16-14-21)30-27(33)24-12-6-10-19-7-4-5-11-23(19)24/h1-16H,17-18H2,(H,28,31)(H,29,32)(H,30,33). The van der Waals surface area contributed by atoms with Gasteiger partial charge < -0.3 is 16.0 Å². The normalized spacial score (nSPS) is 10.4. The number of carbonyl (C=O) groups excluding carboxylic acids is 3. The Labute approximate surface area is 191 Å². The smallest absolute Gasteiger partial charge is 0.256 e. The minimum absolute atomic E-state index is 0.184. The highest BCUT2D eigenvalue weighted by atomic mass is 16.2. The number of hydrogen-bond acceptors (Lipinski definition) is 3. The SMILES string of the molecule is O=C(NCCNC(=O)c1ccc(NC(=O)c2cccc3ccccc23)cc1)c1ccccc1. The van der Waals surface area contributed by atoms with Gasteiger partial charge in [0.2, 0.25) is 0 Å². The Hall–Kier alpha value is -4.45. The highest BCUT2D eigenvalue weighted by molar-refractivity contribution is 6.13. The second kappa shape index (κ2) is 10.2. The molecule has 0 saturated heterocycles. The zero-order chi connectivity index (χ0) is 23.0. The molecule has 0 aliphatic rings. The maximum absolute atomic E-state index is 12.8. The van der Waals surface area contributed by atoms with Gasteiger partial charge in [0.25, 0.3) is 17.7 Å². The topological polar surface area (TPSA) is 87.3 Å². The van der Waals surface area contributed by atoms with Gasteiger partial charge in [-0.25, -0.2) is 0 Å². The summed E-state index contributed by atoms with van der Waals surface area (Å²) in [6, 6.07) is 28.9. The molecule has 6 heteroatoms. The van der Waals surface area contributed by atoms with Crippen LogP contribution in [-0.2, 0) is 0 Å². The molecule has 0 atom stereocenters. The number of rotatable bonds is 7. The molecule has 4 aromatic carbocycles. The molecule has 0 radical (unpaired) electrons. The molecule has 3 N–H and O–H groups in total. The fourth-order valence-corrected chi connectivity index (χ4v) is 3.47. The number of hydrogen-bond donors (Lipinski definition) is 3. The molecule has 0 spiro atoms. The van der Waals surface area contributed by atoms with Crippen LogP contribution >= 0.6 is 0 Å². The second-order valence-electron chi connectivity index (χ2n) is 7.44. The van der Waals surface area contributed by atoms with E-state index in [0.29, 0.717) is 35.5 Å². The van der Waals surface area contributed by atoms with E-state index in [2.05, 4.69) is 16.0 Å². The number of fused-ring (bicyclic) bond motifs is 1. The van der Waals surface area contributed by atoms with Crippen LogP contribution in [-0.4, -0.2) is 30.8 Å². The minimum atomic E-state index is -0.254. The summed E-state index contributed by atoms with van der Waals surface area (Å²) in [5.74, 6) is -0.648. The Morgan fingerprint density at radius 1 is 0.545 bits per heavy atom. The Bertz CT molecular complexity index is 1280. The molecule has 0 unspecified atom stereocenters. The first-order chi connectivity index (χ1) is 16.1. The monoisotopic (exact) mass is 437 g/mol. The summed E-state index contributed by atoms with van der Waals surface area (Å²) >= 11 is 0. The average molecular weight is 437 g/mol. The van der Waals surface area contributed by atoms with Crippen LogP contribution in [0, 0.1) is 0 Å². The summed E-state index contributed by atoms with van der Waals surface area (Å²) < 4.78 is 0. The Morgan fingerprint density at radius 2 is 1.12 bits per heavy atom. The molecule has 6 nitrogen and oxygen atoms in total. The van der Waals surface area contributed by atoms with Crippen LogP contribution in [0.2, 0.25) is 0 Å². The van der Waals surface area contributed by atoms with E-state index in [-0.39, 0.29) is 17.7 Å². The lowest BCUT2D eigenvalue weighted by molar-refractivity contribution is 0.0927. The summed E-state index contributed by atoms with van der Waals surface area (Å²) in [5, 5.41) is 10.3. The van der Waals surface area contributed by atoms with Crippen LogP contribution in [0.3, 0.4) is 0 Å². The number of carbonyl (C=O) groups is 3. The number of amides is 3. The zero-order valence-corrected chi connectivity index (χ0v) is 17.9. The van der Waals surface area contributed by atoms with Crippen LogP contribution in [0.4, 0.5) is 5.69 Å². The molecule has 0 saturated carbocycles. The van der Waals surface area contributed by atoms with Crippen molar-refractivity contribution < 1.29 is 14.4 Å². The molecule has 0 heterocycles. The van der Waals surface area contributed by atoms with Crippen molar-refractivity contribution in [3.63, 3.8) is 0 Å². The van der Waals surface area contributed by atoms with Crippen molar-refractivity contribution in [2.45, 2.75) is 0 Å². The molecule has 4 aromatic rings. The van der Waals surface area contributed by atoms with Crippen LogP contribution in [0.15, 0.2) is 97.1 Å². The van der Waals surface area contributed by atoms with Gasteiger partial charge in [0.05, 0.1) is 0 Å². The van der Waals surface area contributed by atoms with Gasteiger partial charge in [-0.2, -0.15) is 0 Å². The molecule has 33 heavy (non-hydrogen) atoms. The van der Waals surface area contributed by atoms with Gasteiger partial charge in [0.1, 0.15) is 0 Å². The van der Waals surface area contributed by atoms with Gasteiger partial charge in [-0.05, 0) is 53.2 Å². The van der Waals surface area contributed by atoms with Gasteiger partial charge >= 0.3 is 0 Å². The molecular formula is C27H23N3O3. The van der Waals surface area contributed by atoms with E-state index in [0.717, 1.165) is 10.8 Å². The number of anilines is 1. The third kappa shape index (κ3) is 5.43. The number of nitrogens with one attached hydrogen (secondary N) is 3. The van der Waals surface area contributed by atoms with E-state index < -0.39 is 0 Å². The average Bonchev–Trinajstić information content (AvgIpc) is 2.87. The molecule has 0 fully saturated rings. The van der Waals surface area contributed by atoms with Crippen LogP contribution in [0.1, 0.15) is 31.1 Å². The summed E-state index contributed by atoms with van der Waals surface area (Å²) in [5.41, 5.74) is 2.23. The van der Waals surface area contributed by atoms with E-state index in [4.69, 9.17) is 0 Å². The molecule has 0 aromatic heterocycles. The molecular weight excluding hydrogens is 414 g/mol. The lowest BCUT2D eigenvalue weighted by Crippen LogP contribution is -2.34. The van der Waals surface area contributed by atoms with Crippen molar-refractivity contribution in [2.75, 3.05) is 18.4 Å². The van der Waals surface area contributed by atoms with Crippen molar-refractivity contribution in [1.82, 2.24) is 10.6 Å². The van der Waals surface area contributed by atoms with Crippen LogP contribution in [0.5, 0.6) is 0 Å². The Balaban J connectivity index is 1.29. The first-order valence-corrected chi connectivity index (χ1v) is 10.6. The van der Waals surface area contributed by atoms with Gasteiger partial charge in [-0.15, -0.1) is 0 Å². The molecule has 3 amide bonds. The number of benzene rings is 4. The fraction of sp³-hybridized carbons (Fsp3) is 0.0741. The molecule has 4 rings (SSSR count). The molecule has 0 aliphatic heterocycles. The van der Waals surface area contributed by atoms with E-state index in [1.807, 2.05) is 42.5 Å². The highest BCUT2D eigenvalue weighted by Crippen LogP contribution is 2.20. The zero-order valence-electron chi connectivity index (χ0n) is 17.9. The first kappa shape index (κ1) is 21.8. The summed E-state index contributed by atoms with van der Waals surface area (Å²) in [4.78, 5) is 37.1. The quantitative estimate of drug-likeness (QED) is 0.378. The van der Waals surface area contributed by atoms with E-state index in [1.54, 1.807) is 54.6 Å². The lowest BCUT2D eigenvalue weighted by atomic mass is 10.0. The van der Waals surface area contributed by atoms with Crippen molar-refractivity contribution >= 4 is 34.2 Å². The fourth-order valence-electron chi connectivity index (χ4n) is 3.47. The van der Waals surface area contributed by atoms with Crippen molar-refractivity contribution in [2.24, 2.45) is 0 Å². The van der Waals surface area contributed by atoms with E-state index in [1.165, 1.54) is 0 Å². The highest BCUT2D eigenvalue weighted by Gasteiger charge is 2.11. The molecule has 0 aliphatic carbocycles. The largest absolute Gasteiger partial charge is 0.350 e. The second-order valence-corrected chi connectivity index (χ2v) is 7.44. The Morgan fingerprint density at radius 3 is 1.82 bits per heavy atom. The maximum atomic E-state index is 12.8. The van der Waals surface area contributed by atoms with Crippen LogP contribution in [0.25, 0.3) is 10.8 Å². The maximum Gasteiger partial charge on any atom is 0.256 e. The summed E-state index contributed by atoms with van der Waals surface area (Å²) in [6.45, 7) is 0.621. The van der Waals surface area contributed by atoms with Gasteiger partial charge in [-0.3, -0.25) is 14.4 Å². The van der Waals surface area contributed by atoms with E-state index in [9.17, 15) is 14.4 Å². The Kier molecular flexibility index (Phi) is 6.75. The van der Waals surface area contributed by atoms with Crippen LogP contribution < -0.4 is 16.0 Å².